The van der Waals surface area contributed by atoms with Gasteiger partial charge in [0.05, 0.1) is 12.6 Å². The summed E-state index contributed by atoms with van der Waals surface area (Å²) in [6.07, 6.45) is -3.25. The first-order valence-electron chi connectivity index (χ1n) is 11.5. The zero-order chi connectivity index (χ0) is 24.6. The van der Waals surface area contributed by atoms with Gasteiger partial charge in [0.1, 0.15) is 5.56 Å². The molecule has 1 N–H and O–H groups in total. The average Bonchev–Trinajstić information content (AvgIpc) is 3.29. The van der Waals surface area contributed by atoms with Gasteiger partial charge in [0.2, 0.25) is 5.95 Å². The fourth-order valence-corrected chi connectivity index (χ4v) is 4.33. The third kappa shape index (κ3) is 4.89. The molecule has 1 atom stereocenters. The topological polar surface area (TPSA) is 56.8 Å². The van der Waals surface area contributed by atoms with Crippen molar-refractivity contribution < 1.29 is 18.0 Å². The van der Waals surface area contributed by atoms with Crippen molar-refractivity contribution in [3.05, 3.63) is 71.9 Å². The van der Waals surface area contributed by atoms with Crippen LogP contribution in [-0.2, 0) is 11.0 Å². The lowest BCUT2D eigenvalue weighted by Gasteiger charge is -2.44. The number of hydroxylamine groups is 1. The van der Waals surface area contributed by atoms with Crippen molar-refractivity contribution in [3.8, 4) is 0 Å². The first-order chi connectivity index (χ1) is 16.8. The van der Waals surface area contributed by atoms with Crippen LogP contribution in [0.25, 0.3) is 0 Å². The monoisotopic (exact) mass is 484 g/mol. The molecule has 3 heterocycles. The standard InChI is InChI=1S/C25H27F3N6O/c1-32(2)20-15-33(16-20)19-10-8-18(9-11-19)30-24-29-14-21(25(26,27)28)23(31-24)34-22(12-13-35-34)17-6-4-3-5-7-17/h3-11,14,20,22H,12-13,15-16H2,1-2H3,(H,29,30,31)/t22-/m0/s1. The molecule has 1 aromatic heterocycles. The normalized spacial score (nSPS) is 18.7. The van der Waals surface area contributed by atoms with Crippen LogP contribution in [0.3, 0.4) is 0 Å². The number of nitrogens with zero attached hydrogens (tertiary/aromatic N) is 5. The van der Waals surface area contributed by atoms with Crippen molar-refractivity contribution in [3.63, 3.8) is 0 Å². The van der Waals surface area contributed by atoms with E-state index in [1.165, 1.54) is 5.06 Å². The van der Waals surface area contributed by atoms with Crippen molar-refractivity contribution >= 4 is 23.1 Å². The predicted octanol–water partition coefficient (Wildman–Crippen LogP) is 4.87. The lowest BCUT2D eigenvalue weighted by molar-refractivity contribution is -0.138. The second-order valence-corrected chi connectivity index (χ2v) is 9.00. The Labute approximate surface area is 202 Å². The molecular formula is C25H27F3N6O. The van der Waals surface area contributed by atoms with Crippen LogP contribution in [0.5, 0.6) is 0 Å². The molecule has 0 unspecified atom stereocenters. The Morgan fingerprint density at radius 2 is 1.74 bits per heavy atom. The molecule has 3 aromatic rings. The van der Waals surface area contributed by atoms with Crippen LogP contribution in [-0.4, -0.2) is 54.7 Å². The molecule has 2 aliphatic heterocycles. The van der Waals surface area contributed by atoms with E-state index in [-0.39, 0.29) is 17.8 Å². The molecular weight excluding hydrogens is 457 g/mol. The molecule has 2 fully saturated rings. The fourth-order valence-electron chi connectivity index (χ4n) is 4.33. The summed E-state index contributed by atoms with van der Waals surface area (Å²) in [6.45, 7) is 2.23. The van der Waals surface area contributed by atoms with Gasteiger partial charge >= 0.3 is 6.18 Å². The van der Waals surface area contributed by atoms with Gasteiger partial charge in [-0.15, -0.1) is 0 Å². The highest BCUT2D eigenvalue weighted by Gasteiger charge is 2.40. The minimum absolute atomic E-state index is 0.0692. The number of anilines is 4. The zero-order valence-corrected chi connectivity index (χ0v) is 19.5. The highest BCUT2D eigenvalue weighted by atomic mass is 19.4. The average molecular weight is 485 g/mol. The summed E-state index contributed by atoms with van der Waals surface area (Å²) in [7, 11) is 4.14. The lowest BCUT2D eigenvalue weighted by Crippen LogP contribution is -2.57. The van der Waals surface area contributed by atoms with Crippen molar-refractivity contribution in [2.24, 2.45) is 0 Å². The molecule has 5 rings (SSSR count). The van der Waals surface area contributed by atoms with Crippen LogP contribution in [0.1, 0.15) is 23.6 Å². The van der Waals surface area contributed by atoms with Crippen LogP contribution in [0.2, 0.25) is 0 Å². The summed E-state index contributed by atoms with van der Waals surface area (Å²) >= 11 is 0. The summed E-state index contributed by atoms with van der Waals surface area (Å²) in [5, 5.41) is 4.29. The van der Waals surface area contributed by atoms with Gasteiger partial charge < -0.3 is 15.1 Å². The summed E-state index contributed by atoms with van der Waals surface area (Å²) < 4.78 is 41.5. The maximum atomic E-state index is 13.8. The minimum Gasteiger partial charge on any atom is -0.368 e. The molecule has 0 saturated carbocycles. The van der Waals surface area contributed by atoms with Crippen LogP contribution in [0, 0.1) is 0 Å². The number of halogens is 3. The van der Waals surface area contributed by atoms with E-state index in [1.54, 1.807) is 0 Å². The van der Waals surface area contributed by atoms with E-state index in [2.05, 4.69) is 39.2 Å². The number of benzene rings is 2. The third-order valence-electron chi connectivity index (χ3n) is 6.45. The molecule has 2 aromatic carbocycles. The molecule has 35 heavy (non-hydrogen) atoms. The van der Waals surface area contributed by atoms with Gasteiger partial charge in [0.15, 0.2) is 5.82 Å². The smallest absolute Gasteiger partial charge is 0.368 e. The van der Waals surface area contributed by atoms with Gasteiger partial charge in [0, 0.05) is 43.1 Å². The van der Waals surface area contributed by atoms with Gasteiger partial charge in [-0.3, -0.25) is 4.84 Å². The first kappa shape index (κ1) is 23.4. The van der Waals surface area contributed by atoms with Crippen molar-refractivity contribution in [2.75, 3.05) is 49.1 Å². The van der Waals surface area contributed by atoms with E-state index in [0.29, 0.717) is 24.8 Å². The van der Waals surface area contributed by atoms with Crippen LogP contribution < -0.4 is 15.3 Å². The van der Waals surface area contributed by atoms with E-state index in [9.17, 15) is 13.2 Å². The Morgan fingerprint density at radius 1 is 1.03 bits per heavy atom. The maximum Gasteiger partial charge on any atom is 0.421 e. The van der Waals surface area contributed by atoms with E-state index in [4.69, 9.17) is 4.84 Å². The second-order valence-electron chi connectivity index (χ2n) is 9.00. The highest BCUT2D eigenvalue weighted by Crippen LogP contribution is 2.41. The number of hydrogen-bond acceptors (Lipinski definition) is 7. The quantitative estimate of drug-likeness (QED) is 0.536. The number of nitrogens with one attached hydrogen (secondary N) is 1. The van der Waals surface area contributed by atoms with E-state index in [1.807, 2.05) is 54.6 Å². The Morgan fingerprint density at radius 3 is 2.40 bits per heavy atom. The fraction of sp³-hybridized carbons (Fsp3) is 0.360. The molecule has 0 aliphatic carbocycles. The molecule has 0 radical (unpaired) electrons. The highest BCUT2D eigenvalue weighted by molar-refractivity contribution is 5.62. The summed E-state index contributed by atoms with van der Waals surface area (Å²) in [5.74, 6) is -0.229. The Kier molecular flexibility index (Phi) is 6.24. The Hall–Kier alpha value is -3.37. The predicted molar refractivity (Wildman–Crippen MR) is 129 cm³/mol. The van der Waals surface area contributed by atoms with Crippen LogP contribution in [0.15, 0.2) is 60.8 Å². The number of rotatable bonds is 6. The number of hydrogen-bond donors (Lipinski definition) is 1. The van der Waals surface area contributed by atoms with Gasteiger partial charge in [-0.05, 0) is 43.9 Å². The lowest BCUT2D eigenvalue weighted by atomic mass is 10.0. The van der Waals surface area contributed by atoms with Gasteiger partial charge in [-0.25, -0.2) is 10.0 Å². The van der Waals surface area contributed by atoms with Gasteiger partial charge in [-0.2, -0.15) is 18.2 Å². The Bertz CT molecular complexity index is 1150. The molecule has 2 saturated heterocycles. The molecule has 0 bridgehead atoms. The first-order valence-corrected chi connectivity index (χ1v) is 11.5. The number of alkyl halides is 3. The molecule has 7 nitrogen and oxygen atoms in total. The maximum absolute atomic E-state index is 13.8. The molecule has 184 valence electrons. The largest absolute Gasteiger partial charge is 0.421 e. The minimum atomic E-state index is -4.62. The molecule has 0 spiro atoms. The third-order valence-corrected chi connectivity index (χ3v) is 6.45. The van der Waals surface area contributed by atoms with Crippen molar-refractivity contribution in [2.45, 2.75) is 24.7 Å². The van der Waals surface area contributed by atoms with E-state index in [0.717, 1.165) is 30.5 Å². The molecule has 10 heteroatoms. The summed E-state index contributed by atoms with van der Waals surface area (Å²) in [4.78, 5) is 18.3. The van der Waals surface area contributed by atoms with Gasteiger partial charge in [0.25, 0.3) is 0 Å². The van der Waals surface area contributed by atoms with Crippen molar-refractivity contribution in [1.29, 1.82) is 0 Å². The summed E-state index contributed by atoms with van der Waals surface area (Å²) in [5.41, 5.74) is 1.71. The van der Waals surface area contributed by atoms with Crippen molar-refractivity contribution in [1.82, 2.24) is 14.9 Å². The number of aromatic nitrogens is 2. The zero-order valence-electron chi connectivity index (χ0n) is 19.5. The van der Waals surface area contributed by atoms with E-state index >= 15 is 0 Å². The number of likely N-dealkylation sites (N-methyl/N-ethyl adjacent to an activating group) is 1. The molecule has 0 amide bonds. The SMILES string of the molecule is CN(C)C1CN(c2ccc(Nc3ncc(C(F)(F)F)c(N4OCC[C@H]4c4ccccc4)n3)cc2)C1. The van der Waals surface area contributed by atoms with E-state index < -0.39 is 11.7 Å². The Balaban J connectivity index is 1.38. The summed E-state index contributed by atoms with van der Waals surface area (Å²) in [6, 6.07) is 17.2. The van der Waals surface area contributed by atoms with Crippen LogP contribution >= 0.6 is 0 Å². The van der Waals surface area contributed by atoms with Gasteiger partial charge in [-0.1, -0.05) is 30.3 Å². The second kappa shape index (κ2) is 9.35. The molecule has 2 aliphatic rings. The van der Waals surface area contributed by atoms with Crippen LogP contribution in [0.4, 0.5) is 36.3 Å².